The molecule has 2 aromatic rings. The van der Waals surface area contributed by atoms with E-state index in [9.17, 15) is 23.1 Å². The molecular formula is C33H51ClN6O6S. The number of piperazine rings is 1. The Kier molecular flexibility index (Phi) is 12.5. The number of H-pyrrole nitrogens is 1. The molecule has 1 spiro atoms. The largest absolute Gasteiger partial charge is 0.395 e. The number of amides is 2. The van der Waals surface area contributed by atoms with Gasteiger partial charge >= 0.3 is 0 Å². The van der Waals surface area contributed by atoms with Gasteiger partial charge in [-0.25, -0.2) is 13.1 Å². The molecule has 3 heterocycles. The molecule has 2 aliphatic heterocycles. The molecule has 1 saturated carbocycles. The predicted molar refractivity (Wildman–Crippen MR) is 181 cm³/mol. The van der Waals surface area contributed by atoms with Gasteiger partial charge in [-0.2, -0.15) is 5.10 Å². The fraction of sp³-hybridized carbons (Fsp3) is 0.667. The molecule has 2 saturated heterocycles. The first-order chi connectivity index (χ1) is 22.0. The minimum Gasteiger partial charge on any atom is -0.395 e. The van der Waals surface area contributed by atoms with Gasteiger partial charge in [-0.05, 0) is 69.6 Å². The number of sulfonamides is 1. The lowest BCUT2D eigenvalue weighted by molar-refractivity contribution is -0.166. The van der Waals surface area contributed by atoms with Gasteiger partial charge in [0.25, 0.3) is 0 Å². The number of hydrogen-bond acceptors (Lipinski definition) is 8. The van der Waals surface area contributed by atoms with E-state index in [-0.39, 0.29) is 54.2 Å². The van der Waals surface area contributed by atoms with E-state index in [2.05, 4.69) is 32.1 Å². The summed E-state index contributed by atoms with van der Waals surface area (Å²) in [6.45, 7) is 7.11. The number of aromatic amines is 1. The number of rotatable bonds is 12. The van der Waals surface area contributed by atoms with Crippen molar-refractivity contribution in [2.45, 2.75) is 107 Å². The van der Waals surface area contributed by atoms with Crippen molar-refractivity contribution in [2.24, 2.45) is 5.92 Å². The number of unbranched alkanes of at least 4 members (excludes halogenated alkanes) is 1. The molecule has 5 N–H and O–H groups in total. The first-order valence-corrected chi connectivity index (χ1v) is 18.3. The molecule has 1 aliphatic carbocycles. The fourth-order valence-electron chi connectivity index (χ4n) is 7.72. The van der Waals surface area contributed by atoms with Crippen molar-refractivity contribution in [1.29, 1.82) is 0 Å². The monoisotopic (exact) mass is 694 g/mol. The first kappa shape index (κ1) is 37.3. The van der Waals surface area contributed by atoms with Crippen LogP contribution in [0.15, 0.2) is 29.2 Å². The standard InChI is InChI=1S/C33H50N6O6S.ClH/c1-4-5-18-39-31(42)28(30(41)25-9-7-6-8-10-25)35-32(43)33(39)15-19-38(20-16-33)29(27-22(2)36-37-23(27)3)24-11-13-26(14-12-24)46(44,45)34-17-21-40;/h11-14,25,28-30,34,40-41H,4-10,15-21H2,1-3H3,(H,35,43)(H,36,37);1H/t28-,29?,30-;/m1./s1. The average molecular weight is 695 g/mol. The molecule has 0 bridgehead atoms. The van der Waals surface area contributed by atoms with Crippen molar-refractivity contribution in [3.63, 3.8) is 0 Å². The van der Waals surface area contributed by atoms with Crippen LogP contribution in [0.4, 0.5) is 0 Å². The topological polar surface area (TPSA) is 168 Å². The second-order valence-corrected chi connectivity index (χ2v) is 15.0. The van der Waals surface area contributed by atoms with Gasteiger partial charge in [0.2, 0.25) is 21.8 Å². The Morgan fingerprint density at radius 2 is 1.74 bits per heavy atom. The maximum atomic E-state index is 14.1. The summed E-state index contributed by atoms with van der Waals surface area (Å²) in [6.07, 6.45) is 6.58. The third-order valence-electron chi connectivity index (χ3n) is 10.3. The van der Waals surface area contributed by atoms with Crippen LogP contribution in [0, 0.1) is 19.8 Å². The fourth-order valence-corrected chi connectivity index (χ4v) is 8.74. The van der Waals surface area contributed by atoms with Crippen LogP contribution in [0.2, 0.25) is 0 Å². The van der Waals surface area contributed by atoms with E-state index in [1.165, 1.54) is 0 Å². The third kappa shape index (κ3) is 7.55. The zero-order valence-electron chi connectivity index (χ0n) is 27.7. The van der Waals surface area contributed by atoms with Crippen LogP contribution in [0.3, 0.4) is 0 Å². The maximum absolute atomic E-state index is 14.1. The predicted octanol–water partition coefficient (Wildman–Crippen LogP) is 2.71. The van der Waals surface area contributed by atoms with Crippen LogP contribution < -0.4 is 10.0 Å². The highest BCUT2D eigenvalue weighted by atomic mass is 35.5. The SMILES string of the molecule is CCCCN1C(=O)[C@@H]([C@H](O)C2CCCCC2)NC(=O)C12CCN(C(c1ccc(S(=O)(=O)NCCO)cc1)c1c(C)n[nH]c1C)CC2.Cl. The number of carbonyl (C=O) groups excluding carboxylic acids is 2. The van der Waals surface area contributed by atoms with Crippen LogP contribution in [-0.4, -0.2) is 101 Å². The van der Waals surface area contributed by atoms with E-state index in [1.54, 1.807) is 29.2 Å². The smallest absolute Gasteiger partial charge is 0.248 e. The van der Waals surface area contributed by atoms with E-state index in [0.29, 0.717) is 32.5 Å². The van der Waals surface area contributed by atoms with Crippen LogP contribution in [0.25, 0.3) is 0 Å². The zero-order chi connectivity index (χ0) is 33.1. The number of halogens is 1. The van der Waals surface area contributed by atoms with E-state index in [1.807, 2.05) is 13.8 Å². The Balaban J connectivity index is 0.00000500. The number of piperidine rings is 1. The summed E-state index contributed by atoms with van der Waals surface area (Å²) in [6, 6.07) is 5.56. The van der Waals surface area contributed by atoms with Crippen molar-refractivity contribution in [3.8, 4) is 0 Å². The minimum atomic E-state index is -3.76. The van der Waals surface area contributed by atoms with Crippen molar-refractivity contribution in [1.82, 2.24) is 30.0 Å². The van der Waals surface area contributed by atoms with E-state index in [0.717, 1.165) is 67.5 Å². The normalized spacial score (nSPS) is 22.1. The summed E-state index contributed by atoms with van der Waals surface area (Å²) in [5, 5.41) is 30.9. The second-order valence-electron chi connectivity index (χ2n) is 13.2. The quantitative estimate of drug-likeness (QED) is 0.226. The number of nitrogens with zero attached hydrogens (tertiary/aromatic N) is 3. The number of aliphatic hydroxyl groups is 2. The molecule has 3 fully saturated rings. The summed E-state index contributed by atoms with van der Waals surface area (Å²) in [7, 11) is -3.76. The molecule has 1 aromatic carbocycles. The lowest BCUT2D eigenvalue weighted by Gasteiger charge is -2.53. The van der Waals surface area contributed by atoms with Crippen LogP contribution >= 0.6 is 12.4 Å². The van der Waals surface area contributed by atoms with Gasteiger partial charge in [-0.3, -0.25) is 19.6 Å². The molecule has 3 atom stereocenters. The molecule has 12 nitrogen and oxygen atoms in total. The Morgan fingerprint density at radius 3 is 2.32 bits per heavy atom. The molecule has 14 heteroatoms. The number of carbonyl (C=O) groups is 2. The Bertz CT molecular complexity index is 1450. The molecule has 0 radical (unpaired) electrons. The van der Waals surface area contributed by atoms with Gasteiger partial charge in [-0.15, -0.1) is 12.4 Å². The molecule has 5 rings (SSSR count). The number of aromatic nitrogens is 2. The second kappa shape index (κ2) is 15.8. The van der Waals surface area contributed by atoms with Gasteiger partial charge in [0.15, 0.2) is 0 Å². The maximum Gasteiger partial charge on any atom is 0.248 e. The van der Waals surface area contributed by atoms with E-state index >= 15 is 0 Å². The summed E-state index contributed by atoms with van der Waals surface area (Å²) >= 11 is 0. The van der Waals surface area contributed by atoms with Crippen molar-refractivity contribution in [3.05, 3.63) is 46.8 Å². The number of aryl methyl sites for hydroxylation is 2. The molecule has 47 heavy (non-hydrogen) atoms. The van der Waals surface area contributed by atoms with Gasteiger partial charge in [0, 0.05) is 37.4 Å². The number of nitrogens with one attached hydrogen (secondary N) is 3. The molecule has 1 unspecified atom stereocenters. The summed E-state index contributed by atoms with van der Waals surface area (Å²) in [5.41, 5.74) is 2.62. The van der Waals surface area contributed by atoms with Gasteiger partial charge in [0.1, 0.15) is 11.6 Å². The zero-order valence-corrected chi connectivity index (χ0v) is 29.3. The number of likely N-dealkylation sites (tertiary alicyclic amines) is 1. The summed E-state index contributed by atoms with van der Waals surface area (Å²) < 4.78 is 27.7. The summed E-state index contributed by atoms with van der Waals surface area (Å²) in [4.78, 5) is 32.3. The van der Waals surface area contributed by atoms with E-state index in [4.69, 9.17) is 5.11 Å². The Hall–Kier alpha value is -2.55. The van der Waals surface area contributed by atoms with Crippen LogP contribution in [0.1, 0.15) is 93.3 Å². The average Bonchev–Trinajstić information content (AvgIpc) is 3.40. The number of aliphatic hydroxyl groups excluding tert-OH is 2. The molecule has 262 valence electrons. The highest BCUT2D eigenvalue weighted by molar-refractivity contribution is 7.89. The molecule has 3 aliphatic rings. The lowest BCUT2D eigenvalue weighted by atomic mass is 9.77. The van der Waals surface area contributed by atoms with Gasteiger partial charge in [0.05, 0.1) is 29.3 Å². The van der Waals surface area contributed by atoms with Crippen LogP contribution in [0.5, 0.6) is 0 Å². The number of benzene rings is 1. The van der Waals surface area contributed by atoms with Crippen molar-refractivity contribution >= 4 is 34.2 Å². The first-order valence-electron chi connectivity index (χ1n) is 16.8. The third-order valence-corrected chi connectivity index (χ3v) is 11.8. The van der Waals surface area contributed by atoms with Crippen molar-refractivity contribution < 1.29 is 28.2 Å². The van der Waals surface area contributed by atoms with E-state index < -0.39 is 27.7 Å². The van der Waals surface area contributed by atoms with Gasteiger partial charge in [-0.1, -0.05) is 44.7 Å². The van der Waals surface area contributed by atoms with Crippen molar-refractivity contribution in [2.75, 3.05) is 32.8 Å². The molecular weight excluding hydrogens is 644 g/mol. The summed E-state index contributed by atoms with van der Waals surface area (Å²) in [5.74, 6) is -0.343. The Morgan fingerprint density at radius 1 is 1.09 bits per heavy atom. The van der Waals surface area contributed by atoms with Gasteiger partial charge < -0.3 is 20.4 Å². The lowest BCUT2D eigenvalue weighted by Crippen LogP contribution is -2.75. The highest BCUT2D eigenvalue weighted by Crippen LogP contribution is 2.40. The molecule has 2 amide bonds. The minimum absolute atomic E-state index is 0. The molecule has 1 aromatic heterocycles. The number of hydrogen-bond donors (Lipinski definition) is 5. The Labute approximate surface area is 284 Å². The highest BCUT2D eigenvalue weighted by Gasteiger charge is 2.55. The van der Waals surface area contributed by atoms with Crippen LogP contribution in [-0.2, 0) is 19.6 Å².